The monoisotopic (exact) mass is 543 g/mol. The lowest BCUT2D eigenvalue weighted by molar-refractivity contribution is 0.192. The van der Waals surface area contributed by atoms with E-state index in [0.717, 1.165) is 28.9 Å². The molecular weight excluding hydrogens is 531 g/mol. The summed E-state index contributed by atoms with van der Waals surface area (Å²) in [6.45, 7) is 0.341. The number of nitrogens with zero attached hydrogens (tertiary/aromatic N) is 1. The molecule has 0 saturated heterocycles. The van der Waals surface area contributed by atoms with Gasteiger partial charge in [0.25, 0.3) is 0 Å². The maximum absolute atomic E-state index is 10.8. The lowest BCUT2D eigenvalue weighted by atomic mass is 10.2. The first-order chi connectivity index (χ1) is 10.3. The third-order valence-corrected chi connectivity index (χ3v) is 5.22. The van der Waals surface area contributed by atoms with Crippen molar-refractivity contribution in [3.63, 3.8) is 0 Å². The van der Waals surface area contributed by atoms with Crippen LogP contribution in [0.3, 0.4) is 0 Å². The first-order valence-corrected chi connectivity index (χ1v) is 10.1. The zero-order valence-electron chi connectivity index (χ0n) is 11.2. The first-order valence-electron chi connectivity index (χ1n) is 6.42. The van der Waals surface area contributed by atoms with Gasteiger partial charge >= 0.3 is 7.82 Å². The number of phosphoric acid groups is 1. The van der Waals surface area contributed by atoms with Gasteiger partial charge in [-0.05, 0) is 81.6 Å². The summed E-state index contributed by atoms with van der Waals surface area (Å²) < 4.78 is 19.8. The van der Waals surface area contributed by atoms with Gasteiger partial charge < -0.3 is 14.4 Å². The molecule has 116 valence electrons. The average Bonchev–Trinajstić information content (AvgIpc) is 2.71. The predicted molar refractivity (Wildman–Crippen MR) is 103 cm³/mol. The van der Waals surface area contributed by atoms with Gasteiger partial charge in [0.05, 0.1) is 6.61 Å². The van der Waals surface area contributed by atoms with E-state index >= 15 is 0 Å². The summed E-state index contributed by atoms with van der Waals surface area (Å²) in [5.74, 6) is 0. The molecule has 0 atom stereocenters. The Morgan fingerprint density at radius 1 is 1.00 bits per heavy atom. The molecule has 0 aliphatic heterocycles. The molecular formula is C14H12I2NO4P. The average molecular weight is 543 g/mol. The maximum atomic E-state index is 10.8. The van der Waals surface area contributed by atoms with Gasteiger partial charge in [-0.15, -0.1) is 0 Å². The van der Waals surface area contributed by atoms with Crippen LogP contribution in [-0.4, -0.2) is 21.0 Å². The van der Waals surface area contributed by atoms with E-state index in [0.29, 0.717) is 6.54 Å². The van der Waals surface area contributed by atoms with Crippen LogP contribution in [0.25, 0.3) is 21.8 Å². The van der Waals surface area contributed by atoms with Crippen molar-refractivity contribution < 1.29 is 18.9 Å². The van der Waals surface area contributed by atoms with Crippen molar-refractivity contribution in [1.29, 1.82) is 0 Å². The maximum Gasteiger partial charge on any atom is 0.469 e. The van der Waals surface area contributed by atoms with Gasteiger partial charge in [-0.1, -0.05) is 0 Å². The standard InChI is InChI=1S/C14H12I2NO4P/c15-9-1-3-13-11(7-9)12-8-10(16)2-4-14(12)17(13)5-6-21-22(18,19)20/h1-4,7-8H,5-6H2,(H2,18,19,20). The van der Waals surface area contributed by atoms with E-state index in [4.69, 9.17) is 9.79 Å². The van der Waals surface area contributed by atoms with Gasteiger partial charge in [-0.2, -0.15) is 0 Å². The van der Waals surface area contributed by atoms with Crippen LogP contribution in [0.15, 0.2) is 36.4 Å². The van der Waals surface area contributed by atoms with Crippen LogP contribution >= 0.6 is 53.0 Å². The third-order valence-electron chi connectivity index (χ3n) is 3.36. The Morgan fingerprint density at radius 2 is 1.50 bits per heavy atom. The van der Waals surface area contributed by atoms with E-state index in [1.54, 1.807) is 0 Å². The normalized spacial score (nSPS) is 12.4. The topological polar surface area (TPSA) is 71.7 Å². The minimum atomic E-state index is -4.44. The number of fused-ring (bicyclic) bond motifs is 3. The van der Waals surface area contributed by atoms with Crippen LogP contribution in [0, 0.1) is 7.14 Å². The molecule has 1 heterocycles. The lowest BCUT2D eigenvalue weighted by Crippen LogP contribution is -2.04. The molecule has 0 radical (unpaired) electrons. The van der Waals surface area contributed by atoms with Crippen LogP contribution in [0.4, 0.5) is 0 Å². The summed E-state index contributed by atoms with van der Waals surface area (Å²) >= 11 is 4.56. The Labute approximate surface area is 154 Å². The quantitative estimate of drug-likeness (QED) is 0.384. The number of hydrogen-bond donors (Lipinski definition) is 2. The van der Waals surface area contributed by atoms with Crippen LogP contribution in [0.5, 0.6) is 0 Å². The Hall–Kier alpha value is -0.190. The fourth-order valence-corrected chi connectivity index (χ4v) is 3.84. The van der Waals surface area contributed by atoms with Crippen LogP contribution in [-0.2, 0) is 15.6 Å². The molecule has 2 N–H and O–H groups in total. The molecule has 5 nitrogen and oxygen atoms in total. The molecule has 8 heteroatoms. The molecule has 0 saturated carbocycles. The van der Waals surface area contributed by atoms with Crippen molar-refractivity contribution in [2.24, 2.45) is 0 Å². The molecule has 3 aromatic rings. The molecule has 2 aromatic carbocycles. The summed E-state index contributed by atoms with van der Waals surface area (Å²) in [7, 11) is -4.44. The van der Waals surface area contributed by atoms with E-state index in [1.807, 2.05) is 28.8 Å². The molecule has 1 aromatic heterocycles. The molecule has 0 aliphatic rings. The molecule has 3 rings (SSSR count). The smallest absolute Gasteiger partial charge is 0.338 e. The number of rotatable bonds is 4. The molecule has 0 spiro atoms. The van der Waals surface area contributed by atoms with Crippen LogP contribution in [0.1, 0.15) is 0 Å². The Kier molecular flexibility index (Phi) is 4.82. The molecule has 0 fully saturated rings. The highest BCUT2D eigenvalue weighted by atomic mass is 127. The van der Waals surface area contributed by atoms with E-state index in [1.165, 1.54) is 0 Å². The second-order valence-electron chi connectivity index (χ2n) is 4.80. The highest BCUT2D eigenvalue weighted by Crippen LogP contribution is 2.36. The number of phosphoric ester groups is 1. The first kappa shape index (κ1) is 16.7. The summed E-state index contributed by atoms with van der Waals surface area (Å²) in [5, 5.41) is 2.27. The molecule has 0 unspecified atom stereocenters. The fourth-order valence-electron chi connectivity index (χ4n) is 2.54. The minimum Gasteiger partial charge on any atom is -0.338 e. The van der Waals surface area contributed by atoms with Crippen molar-refractivity contribution in [3.05, 3.63) is 43.5 Å². The summed E-state index contributed by atoms with van der Waals surface area (Å²) in [4.78, 5) is 17.6. The summed E-state index contributed by atoms with van der Waals surface area (Å²) in [6, 6.07) is 12.3. The molecule has 0 bridgehead atoms. The fraction of sp³-hybridized carbons (Fsp3) is 0.143. The highest BCUT2D eigenvalue weighted by molar-refractivity contribution is 14.1. The highest BCUT2D eigenvalue weighted by Gasteiger charge is 2.15. The minimum absolute atomic E-state index is 0.0405. The second kappa shape index (κ2) is 6.37. The van der Waals surface area contributed by atoms with Gasteiger partial charge in [0.15, 0.2) is 0 Å². The zero-order chi connectivity index (χ0) is 15.9. The second-order valence-corrected chi connectivity index (χ2v) is 8.53. The largest absolute Gasteiger partial charge is 0.469 e. The predicted octanol–water partition coefficient (Wildman–Crippen LogP) is 4.11. The Morgan fingerprint density at radius 3 is 1.95 bits per heavy atom. The summed E-state index contributed by atoms with van der Waals surface area (Å²) in [5.41, 5.74) is 2.07. The van der Waals surface area contributed by atoms with Crippen molar-refractivity contribution in [1.82, 2.24) is 4.57 Å². The van der Waals surface area contributed by atoms with Gasteiger partial charge in [0, 0.05) is 35.5 Å². The Bertz CT molecular complexity index is 843. The van der Waals surface area contributed by atoms with E-state index in [-0.39, 0.29) is 6.61 Å². The number of aromatic nitrogens is 1. The zero-order valence-corrected chi connectivity index (χ0v) is 16.4. The molecule has 0 amide bonds. The molecule has 0 aliphatic carbocycles. The van der Waals surface area contributed by atoms with Crippen molar-refractivity contribution in [2.75, 3.05) is 6.61 Å². The van der Waals surface area contributed by atoms with E-state index in [2.05, 4.69) is 61.8 Å². The Balaban J connectivity index is 2.12. The van der Waals surface area contributed by atoms with Crippen molar-refractivity contribution in [3.8, 4) is 0 Å². The van der Waals surface area contributed by atoms with Crippen LogP contribution in [0.2, 0.25) is 0 Å². The number of benzene rings is 2. The lowest BCUT2D eigenvalue weighted by Gasteiger charge is -2.09. The van der Waals surface area contributed by atoms with Crippen molar-refractivity contribution in [2.45, 2.75) is 6.54 Å². The molecule has 22 heavy (non-hydrogen) atoms. The van der Waals surface area contributed by atoms with Gasteiger partial charge in [-0.3, -0.25) is 4.52 Å². The van der Waals surface area contributed by atoms with Gasteiger partial charge in [0.1, 0.15) is 0 Å². The SMILES string of the molecule is O=P(O)(O)OCCn1c2ccc(I)cc2c2cc(I)ccc21. The van der Waals surface area contributed by atoms with Gasteiger partial charge in [-0.25, -0.2) is 4.57 Å². The van der Waals surface area contributed by atoms with Gasteiger partial charge in [0.2, 0.25) is 0 Å². The van der Waals surface area contributed by atoms with Crippen molar-refractivity contribution >= 4 is 74.8 Å². The van der Waals surface area contributed by atoms with E-state index < -0.39 is 7.82 Å². The third kappa shape index (κ3) is 3.49. The summed E-state index contributed by atoms with van der Waals surface area (Å²) in [6.07, 6.45) is 0. The number of halogens is 2. The van der Waals surface area contributed by atoms with Crippen LogP contribution < -0.4 is 0 Å². The number of hydrogen-bond acceptors (Lipinski definition) is 2. The van der Waals surface area contributed by atoms with E-state index in [9.17, 15) is 4.57 Å².